The van der Waals surface area contributed by atoms with Gasteiger partial charge < -0.3 is 14.7 Å². The minimum absolute atomic E-state index is 0.0188. The molecule has 37 heavy (non-hydrogen) atoms. The third kappa shape index (κ3) is 4.14. The van der Waals surface area contributed by atoms with Crippen LogP contribution in [0.15, 0.2) is 53.4 Å². The molecular weight excluding hydrogens is 502 g/mol. The van der Waals surface area contributed by atoms with Gasteiger partial charge in [-0.3, -0.25) is 0 Å². The lowest BCUT2D eigenvalue weighted by Gasteiger charge is -2.30. The highest BCUT2D eigenvalue weighted by Crippen LogP contribution is 2.47. The highest BCUT2D eigenvalue weighted by atomic mass is 32.2. The van der Waals surface area contributed by atoms with Gasteiger partial charge in [-0.1, -0.05) is 38.0 Å². The molecule has 7 nitrogen and oxygen atoms in total. The number of aromatic carboxylic acids is 1. The van der Waals surface area contributed by atoms with Gasteiger partial charge in [-0.05, 0) is 36.2 Å². The molecule has 3 aromatic rings. The van der Waals surface area contributed by atoms with E-state index in [1.165, 1.54) is 10.4 Å². The maximum absolute atomic E-state index is 14.8. The van der Waals surface area contributed by atoms with E-state index in [2.05, 4.69) is 0 Å². The lowest BCUT2D eigenvalue weighted by Crippen LogP contribution is -2.40. The molecule has 10 heteroatoms. The number of fused-ring (bicyclic) bond motifs is 4. The minimum Gasteiger partial charge on any atom is -0.488 e. The van der Waals surface area contributed by atoms with Gasteiger partial charge in [0.25, 0.3) is 0 Å². The fraction of sp³-hybridized carbons (Fsp3) is 0.296. The monoisotopic (exact) mass is 528 g/mol. The van der Waals surface area contributed by atoms with Crippen molar-refractivity contribution in [2.45, 2.75) is 43.7 Å². The van der Waals surface area contributed by atoms with Crippen molar-refractivity contribution in [3.63, 3.8) is 0 Å². The Bertz CT molecular complexity index is 1490. The zero-order valence-electron chi connectivity index (χ0n) is 20.4. The Hall–Kier alpha value is -3.50. The van der Waals surface area contributed by atoms with Crippen molar-refractivity contribution in [2.75, 3.05) is 18.5 Å². The molecule has 0 aromatic heterocycles. The second-order valence-electron chi connectivity index (χ2n) is 9.25. The first-order valence-corrected chi connectivity index (χ1v) is 13.4. The van der Waals surface area contributed by atoms with Crippen LogP contribution >= 0.6 is 0 Å². The number of nitrogens with zero attached hydrogens (tertiary/aromatic N) is 2. The molecule has 0 spiro atoms. The molecule has 0 amide bonds. The Labute approximate surface area is 213 Å². The molecule has 0 fully saturated rings. The largest absolute Gasteiger partial charge is 0.488 e. The fourth-order valence-corrected chi connectivity index (χ4v) is 6.56. The Balaban J connectivity index is 1.77. The molecule has 3 aromatic carbocycles. The van der Waals surface area contributed by atoms with E-state index >= 15 is 0 Å². The maximum Gasteiger partial charge on any atom is 0.338 e. The highest BCUT2D eigenvalue weighted by Gasteiger charge is 2.39. The molecule has 0 radical (unpaired) electrons. The number of sulfonamides is 1. The SMILES string of the molecule is CCCC[C@@H]1CN(c2ccccc2)c2cc3c(cc2S(=O)(=O)N1C)-c1cc(C(=O)O)c(F)c(F)c1CO3. The summed E-state index contributed by atoms with van der Waals surface area (Å²) in [6, 6.07) is 13.1. The van der Waals surface area contributed by atoms with Crippen LogP contribution in [-0.4, -0.2) is 43.4 Å². The second kappa shape index (κ2) is 9.42. The first-order valence-electron chi connectivity index (χ1n) is 12.0. The maximum atomic E-state index is 14.8. The van der Waals surface area contributed by atoms with Gasteiger partial charge >= 0.3 is 5.97 Å². The van der Waals surface area contributed by atoms with E-state index in [0.29, 0.717) is 18.7 Å². The van der Waals surface area contributed by atoms with Crippen LogP contribution in [0.4, 0.5) is 20.2 Å². The Morgan fingerprint density at radius 3 is 2.51 bits per heavy atom. The molecule has 2 aliphatic heterocycles. The second-order valence-corrected chi connectivity index (χ2v) is 11.2. The summed E-state index contributed by atoms with van der Waals surface area (Å²) in [5.74, 6) is -4.15. The average Bonchev–Trinajstić information content (AvgIpc) is 2.96. The molecule has 5 rings (SSSR count). The van der Waals surface area contributed by atoms with Crippen LogP contribution in [0.3, 0.4) is 0 Å². The molecule has 0 aliphatic carbocycles. The smallest absolute Gasteiger partial charge is 0.338 e. The van der Waals surface area contributed by atoms with Crippen molar-refractivity contribution in [1.82, 2.24) is 4.31 Å². The number of anilines is 2. The fourth-order valence-electron chi connectivity index (χ4n) is 4.99. The highest BCUT2D eigenvalue weighted by molar-refractivity contribution is 7.89. The van der Waals surface area contributed by atoms with Crippen molar-refractivity contribution >= 4 is 27.4 Å². The third-order valence-corrected chi connectivity index (χ3v) is 9.02. The summed E-state index contributed by atoms with van der Waals surface area (Å²) in [5.41, 5.74) is 0.503. The van der Waals surface area contributed by atoms with Gasteiger partial charge in [0.05, 0.1) is 11.3 Å². The number of para-hydroxylation sites is 1. The van der Waals surface area contributed by atoms with Crippen molar-refractivity contribution in [1.29, 1.82) is 0 Å². The predicted octanol–water partition coefficient (Wildman–Crippen LogP) is 5.55. The van der Waals surface area contributed by atoms with Crippen LogP contribution in [0.5, 0.6) is 5.75 Å². The molecule has 0 bridgehead atoms. The van der Waals surface area contributed by atoms with E-state index in [-0.39, 0.29) is 40.0 Å². The molecule has 1 N–H and O–H groups in total. The standard InChI is InChI=1S/C27H26F2N2O5S/c1-3-4-8-17-14-31(16-9-6-5-7-10-16)22-13-23-19(12-24(22)37(34,35)30(17)2)18-11-20(27(32)33)25(28)26(29)21(18)15-36-23/h5-7,9-13,17H,3-4,8,14-15H2,1-2H3,(H,32,33)/t17-/m1/s1. The predicted molar refractivity (Wildman–Crippen MR) is 135 cm³/mol. The van der Waals surface area contributed by atoms with Crippen molar-refractivity contribution in [3.8, 4) is 16.9 Å². The van der Waals surface area contributed by atoms with Crippen LogP contribution in [0.2, 0.25) is 0 Å². The zero-order chi connectivity index (χ0) is 26.5. The van der Waals surface area contributed by atoms with Crippen LogP contribution in [-0.2, 0) is 16.6 Å². The molecule has 194 valence electrons. The lowest BCUT2D eigenvalue weighted by atomic mass is 9.93. The molecule has 0 saturated carbocycles. The Morgan fingerprint density at radius 2 is 1.84 bits per heavy atom. The minimum atomic E-state index is -4.01. The number of carboxylic acid groups (broad SMARTS) is 1. The first kappa shape index (κ1) is 25.2. The molecule has 0 unspecified atom stereocenters. The van der Waals surface area contributed by atoms with E-state index in [0.717, 1.165) is 24.6 Å². The summed E-state index contributed by atoms with van der Waals surface area (Å²) in [4.78, 5) is 13.5. The quantitative estimate of drug-likeness (QED) is 0.467. The summed E-state index contributed by atoms with van der Waals surface area (Å²) in [7, 11) is -2.46. The van der Waals surface area contributed by atoms with Crippen molar-refractivity contribution in [3.05, 3.63) is 71.3 Å². The summed E-state index contributed by atoms with van der Waals surface area (Å²) in [5, 5.41) is 9.40. The van der Waals surface area contributed by atoms with Gasteiger partial charge in [-0.2, -0.15) is 4.31 Å². The number of ether oxygens (including phenoxy) is 1. The number of carboxylic acids is 1. The van der Waals surface area contributed by atoms with E-state index in [9.17, 15) is 27.1 Å². The number of likely N-dealkylation sites (N-methyl/N-ethyl adjacent to an activating group) is 1. The number of unbranched alkanes of at least 4 members (excludes halogenated alkanes) is 1. The summed E-state index contributed by atoms with van der Waals surface area (Å²) in [6.07, 6.45) is 2.42. The average molecular weight is 529 g/mol. The zero-order valence-corrected chi connectivity index (χ0v) is 21.2. The van der Waals surface area contributed by atoms with Gasteiger partial charge in [-0.15, -0.1) is 0 Å². The van der Waals surface area contributed by atoms with E-state index in [1.807, 2.05) is 42.2 Å². The van der Waals surface area contributed by atoms with Crippen LogP contribution in [0.25, 0.3) is 11.1 Å². The van der Waals surface area contributed by atoms with Gasteiger partial charge in [0.2, 0.25) is 10.0 Å². The van der Waals surface area contributed by atoms with Crippen molar-refractivity contribution < 1.29 is 31.8 Å². The van der Waals surface area contributed by atoms with Crippen LogP contribution in [0, 0.1) is 11.6 Å². The van der Waals surface area contributed by atoms with Crippen molar-refractivity contribution in [2.24, 2.45) is 0 Å². The van der Waals surface area contributed by atoms with Gasteiger partial charge in [0.15, 0.2) is 11.6 Å². The van der Waals surface area contributed by atoms with Crippen LogP contribution < -0.4 is 9.64 Å². The summed E-state index contributed by atoms with van der Waals surface area (Å²) >= 11 is 0. The van der Waals surface area contributed by atoms with Crippen LogP contribution in [0.1, 0.15) is 42.1 Å². The van der Waals surface area contributed by atoms with Gasteiger partial charge in [0, 0.05) is 42.5 Å². The molecule has 0 saturated heterocycles. The molecular formula is C27H26F2N2O5S. The lowest BCUT2D eigenvalue weighted by molar-refractivity contribution is 0.0690. The number of carbonyl (C=O) groups is 1. The number of hydrogen-bond acceptors (Lipinski definition) is 5. The van der Waals surface area contributed by atoms with Gasteiger partial charge in [0.1, 0.15) is 17.3 Å². The number of benzene rings is 3. The topological polar surface area (TPSA) is 87.2 Å². The summed E-state index contributed by atoms with van der Waals surface area (Å²) < 4.78 is 64.1. The van der Waals surface area contributed by atoms with E-state index in [4.69, 9.17) is 4.74 Å². The Kier molecular flexibility index (Phi) is 6.41. The third-order valence-electron chi connectivity index (χ3n) is 7.08. The normalized spacial score (nSPS) is 18.3. The van der Waals surface area contributed by atoms with Gasteiger partial charge in [-0.25, -0.2) is 22.0 Å². The molecule has 1 atom stereocenters. The molecule has 2 heterocycles. The number of halogens is 2. The number of hydrogen-bond donors (Lipinski definition) is 1. The first-order chi connectivity index (χ1) is 17.6. The molecule has 2 aliphatic rings. The summed E-state index contributed by atoms with van der Waals surface area (Å²) in [6.45, 7) is 2.14. The number of rotatable bonds is 5. The van der Waals surface area contributed by atoms with E-state index in [1.54, 1.807) is 13.1 Å². The Morgan fingerprint density at radius 1 is 1.11 bits per heavy atom. The van der Waals surface area contributed by atoms with E-state index < -0.39 is 33.2 Å².